The Balaban J connectivity index is 1.46. The number of esters is 1. The van der Waals surface area contributed by atoms with Crippen LogP contribution in [-0.2, 0) is 53.1 Å². The molecule has 0 saturated heterocycles. The van der Waals surface area contributed by atoms with Crippen molar-refractivity contribution < 1.29 is 43.3 Å². The first kappa shape index (κ1) is 42.7. The molecule has 0 unspecified atom stereocenters. The van der Waals surface area contributed by atoms with Crippen LogP contribution in [0.5, 0.6) is 0 Å². The molecule has 0 bridgehead atoms. The van der Waals surface area contributed by atoms with Gasteiger partial charge in [0, 0.05) is 48.8 Å². The predicted octanol–water partition coefficient (Wildman–Crippen LogP) is 4.70. The number of hydrogen-bond acceptors (Lipinski definition) is 9. The lowest BCUT2D eigenvalue weighted by molar-refractivity contribution is -0.149. The Bertz CT molecular complexity index is 1880. The van der Waals surface area contributed by atoms with Gasteiger partial charge in [0.25, 0.3) is 0 Å². The number of nitrogens with one attached hydrogen (secondary N) is 4. The lowest BCUT2D eigenvalue weighted by Gasteiger charge is -2.22. The van der Waals surface area contributed by atoms with Crippen LogP contribution in [0.25, 0.3) is 10.9 Å². The van der Waals surface area contributed by atoms with Crippen molar-refractivity contribution in [2.24, 2.45) is 11.7 Å². The summed E-state index contributed by atoms with van der Waals surface area (Å²) in [7, 11) is 0. The third kappa shape index (κ3) is 14.7. The minimum atomic E-state index is -1.14. The van der Waals surface area contributed by atoms with Crippen LogP contribution in [0.4, 0.5) is 4.79 Å². The Morgan fingerprint density at radius 1 is 0.732 bits per heavy atom. The maximum atomic E-state index is 13.9. The number of benzene rings is 3. The lowest BCUT2D eigenvalue weighted by atomic mass is 9.90. The highest BCUT2D eigenvalue weighted by Crippen LogP contribution is 2.23. The summed E-state index contributed by atoms with van der Waals surface area (Å²) >= 11 is 0. The Labute approximate surface area is 325 Å². The number of carbonyl (C=O) groups excluding carboxylic acids is 5. The first-order valence-corrected chi connectivity index (χ1v) is 18.9. The van der Waals surface area contributed by atoms with Crippen molar-refractivity contribution in [3.63, 3.8) is 0 Å². The molecule has 0 aliphatic heterocycles. The SMILES string of the molecule is NCCCC[C@H](NC(=O)OCc1ccccc1)C(=O)C[C@H](Cc1c[nH]c2ccccc12)C(=O)NCC[C@@H](NC(=O)CCCC(=O)O)C(=O)OCc1ccccc1. The average Bonchev–Trinajstić information content (AvgIpc) is 3.61. The second-order valence-electron chi connectivity index (χ2n) is 13.5. The van der Waals surface area contributed by atoms with Crippen LogP contribution in [-0.4, -0.2) is 70.9 Å². The zero-order valence-corrected chi connectivity index (χ0v) is 31.4. The monoisotopic (exact) mass is 769 g/mol. The van der Waals surface area contributed by atoms with Gasteiger partial charge in [0.05, 0.1) is 6.04 Å². The fourth-order valence-electron chi connectivity index (χ4n) is 6.15. The van der Waals surface area contributed by atoms with Crippen LogP contribution in [0.1, 0.15) is 68.1 Å². The Hall–Kier alpha value is -6.02. The van der Waals surface area contributed by atoms with E-state index in [2.05, 4.69) is 20.9 Å². The molecule has 0 radical (unpaired) electrons. The van der Waals surface area contributed by atoms with Crippen molar-refractivity contribution >= 4 is 46.5 Å². The van der Waals surface area contributed by atoms with Crippen LogP contribution < -0.4 is 21.7 Å². The average molecular weight is 770 g/mol. The Morgan fingerprint density at radius 3 is 2.07 bits per heavy atom. The number of fused-ring (bicyclic) bond motifs is 1. The second-order valence-corrected chi connectivity index (χ2v) is 13.5. The van der Waals surface area contributed by atoms with Crippen molar-refractivity contribution in [1.29, 1.82) is 0 Å². The number of carboxylic acids is 1. The van der Waals surface area contributed by atoms with Crippen molar-refractivity contribution in [3.05, 3.63) is 108 Å². The van der Waals surface area contributed by atoms with Crippen LogP contribution in [0.3, 0.4) is 0 Å². The summed E-state index contributed by atoms with van der Waals surface area (Å²) < 4.78 is 10.9. The molecule has 4 aromatic rings. The van der Waals surface area contributed by atoms with Gasteiger partial charge >= 0.3 is 18.0 Å². The maximum Gasteiger partial charge on any atom is 0.408 e. The van der Waals surface area contributed by atoms with Gasteiger partial charge in [-0.25, -0.2) is 9.59 Å². The first-order valence-electron chi connectivity index (χ1n) is 18.9. The summed E-state index contributed by atoms with van der Waals surface area (Å²) in [5.41, 5.74) is 8.92. The van der Waals surface area contributed by atoms with Gasteiger partial charge in [0.1, 0.15) is 19.3 Å². The number of carboxylic acid groups (broad SMARTS) is 1. The number of aromatic nitrogens is 1. The quantitative estimate of drug-likeness (QED) is 0.0426. The van der Waals surface area contributed by atoms with E-state index in [4.69, 9.17) is 20.3 Å². The molecule has 3 amide bonds. The van der Waals surface area contributed by atoms with Gasteiger partial charge in [0.2, 0.25) is 11.8 Å². The van der Waals surface area contributed by atoms with E-state index in [1.54, 1.807) is 30.5 Å². The Morgan fingerprint density at radius 2 is 1.39 bits per heavy atom. The van der Waals surface area contributed by atoms with E-state index in [-0.39, 0.29) is 64.1 Å². The molecule has 0 fully saturated rings. The number of aromatic amines is 1. The number of ketones is 1. The number of hydrogen-bond donors (Lipinski definition) is 6. The van der Waals surface area contributed by atoms with Gasteiger partial charge in [-0.3, -0.25) is 19.2 Å². The molecule has 56 heavy (non-hydrogen) atoms. The van der Waals surface area contributed by atoms with Crippen molar-refractivity contribution in [3.8, 4) is 0 Å². The van der Waals surface area contributed by atoms with E-state index in [1.165, 1.54) is 0 Å². The summed E-state index contributed by atoms with van der Waals surface area (Å²) in [5.74, 6) is -3.96. The van der Waals surface area contributed by atoms with Gasteiger partial charge in [0.15, 0.2) is 5.78 Å². The smallest absolute Gasteiger partial charge is 0.408 e. The number of unbranched alkanes of at least 4 members (excludes halogenated alkanes) is 1. The molecule has 3 atom stereocenters. The highest BCUT2D eigenvalue weighted by atomic mass is 16.5. The van der Waals surface area contributed by atoms with Crippen LogP contribution >= 0.6 is 0 Å². The van der Waals surface area contributed by atoms with E-state index < -0.39 is 47.8 Å². The highest BCUT2D eigenvalue weighted by molar-refractivity contribution is 5.92. The normalized spacial score (nSPS) is 12.5. The van der Waals surface area contributed by atoms with Gasteiger partial charge in [-0.15, -0.1) is 0 Å². The van der Waals surface area contributed by atoms with E-state index in [0.29, 0.717) is 25.8 Å². The molecular weight excluding hydrogens is 718 g/mol. The number of alkyl carbamates (subject to hydrolysis) is 1. The molecule has 0 aliphatic carbocycles. The van der Waals surface area contributed by atoms with Crippen molar-refractivity contribution in [1.82, 2.24) is 20.9 Å². The number of carbonyl (C=O) groups is 6. The highest BCUT2D eigenvalue weighted by Gasteiger charge is 2.30. The second kappa shape index (κ2) is 23.0. The minimum absolute atomic E-state index is 0.0194. The largest absolute Gasteiger partial charge is 0.481 e. The third-order valence-corrected chi connectivity index (χ3v) is 9.17. The number of rotatable bonds is 24. The van der Waals surface area contributed by atoms with Crippen molar-refractivity contribution in [2.45, 2.75) is 83.1 Å². The number of ether oxygens (including phenoxy) is 2. The number of nitrogens with two attached hydrogens (primary N) is 1. The molecule has 0 saturated carbocycles. The van der Waals surface area contributed by atoms with Crippen LogP contribution in [0.2, 0.25) is 0 Å². The third-order valence-electron chi connectivity index (χ3n) is 9.17. The fraction of sp³-hybridized carbons (Fsp3) is 0.381. The predicted molar refractivity (Wildman–Crippen MR) is 209 cm³/mol. The van der Waals surface area contributed by atoms with E-state index in [9.17, 15) is 28.8 Å². The molecule has 0 spiro atoms. The van der Waals surface area contributed by atoms with Crippen LogP contribution in [0.15, 0.2) is 91.1 Å². The molecule has 3 aromatic carbocycles. The molecule has 298 valence electrons. The van der Waals surface area contributed by atoms with Gasteiger partial charge in [-0.05, 0) is 67.8 Å². The molecule has 0 aliphatic rings. The molecule has 1 heterocycles. The zero-order chi connectivity index (χ0) is 40.1. The van der Waals surface area contributed by atoms with Gasteiger partial charge in [-0.1, -0.05) is 78.9 Å². The summed E-state index contributed by atoms with van der Waals surface area (Å²) in [4.78, 5) is 80.7. The fourth-order valence-corrected chi connectivity index (χ4v) is 6.15. The maximum absolute atomic E-state index is 13.9. The minimum Gasteiger partial charge on any atom is -0.481 e. The number of H-pyrrole nitrogens is 1. The summed E-state index contributed by atoms with van der Waals surface area (Å²) in [6, 6.07) is 23.7. The van der Waals surface area contributed by atoms with Gasteiger partial charge < -0.3 is 41.2 Å². The molecule has 7 N–H and O–H groups in total. The number of para-hydroxylation sites is 1. The van der Waals surface area contributed by atoms with E-state index >= 15 is 0 Å². The molecular formula is C42H51N5O9. The summed E-state index contributed by atoms with van der Waals surface area (Å²) in [6.45, 7) is 0.342. The first-order chi connectivity index (χ1) is 27.1. The van der Waals surface area contributed by atoms with Crippen LogP contribution in [0, 0.1) is 5.92 Å². The summed E-state index contributed by atoms with van der Waals surface area (Å²) in [5, 5.41) is 18.0. The number of Topliss-reactive ketones (excluding diaryl/α,β-unsaturated/α-hetero) is 1. The summed E-state index contributed by atoms with van der Waals surface area (Å²) in [6.07, 6.45) is 2.25. The molecule has 14 heteroatoms. The molecule has 4 rings (SSSR count). The lowest BCUT2D eigenvalue weighted by Crippen LogP contribution is -2.45. The topological polar surface area (TPSA) is 219 Å². The van der Waals surface area contributed by atoms with E-state index in [1.807, 2.05) is 60.7 Å². The van der Waals surface area contributed by atoms with E-state index in [0.717, 1.165) is 27.6 Å². The molecule has 1 aromatic heterocycles. The van der Waals surface area contributed by atoms with Crippen molar-refractivity contribution in [2.75, 3.05) is 13.1 Å². The standard InChI is InChI=1S/C42H51N5O9/c43-22-10-9-18-35(47-42(54)56-28-30-14-5-2-6-15-30)37(48)25-31(24-32-26-45-34-17-8-7-16-33(32)34)40(52)44-23-21-36(46-38(49)19-11-20-39(50)51)41(53)55-27-29-12-3-1-4-13-29/h1-8,12-17,26,31,35-36,45H,9-11,18-25,27-28,43H2,(H,44,52)(H,46,49)(H,47,54)(H,50,51)/t31-,35-,36+/m0/s1. The zero-order valence-electron chi connectivity index (χ0n) is 31.4. The van der Waals surface area contributed by atoms with Gasteiger partial charge in [-0.2, -0.15) is 0 Å². The molecule has 14 nitrogen and oxygen atoms in total. The Kier molecular flexibility index (Phi) is 17.6. The number of amides is 3. The number of aliphatic carboxylic acids is 1.